The van der Waals surface area contributed by atoms with Crippen molar-refractivity contribution < 1.29 is 0 Å². The third kappa shape index (κ3) is 1.64. The Balaban J connectivity index is 3.36. The van der Waals surface area contributed by atoms with Crippen molar-refractivity contribution in [2.24, 2.45) is 0 Å². The zero-order chi connectivity index (χ0) is 8.43. The van der Waals surface area contributed by atoms with Crippen molar-refractivity contribution >= 4 is 35.0 Å². The zero-order valence-corrected chi connectivity index (χ0v) is 7.15. The van der Waals surface area contributed by atoms with Crippen LogP contribution in [0.2, 0.25) is 10.3 Å². The van der Waals surface area contributed by atoms with Crippen molar-refractivity contribution in [1.82, 2.24) is 4.98 Å². The van der Waals surface area contributed by atoms with Crippen LogP contribution in [0.3, 0.4) is 0 Å². The summed E-state index contributed by atoms with van der Waals surface area (Å²) in [4.78, 5) is 3.78. The van der Waals surface area contributed by atoms with Crippen molar-refractivity contribution in [3.63, 3.8) is 0 Å². The quantitative estimate of drug-likeness (QED) is 0.689. The number of nitrogens with zero attached hydrogens (tertiary/aromatic N) is 1. The van der Waals surface area contributed by atoms with Gasteiger partial charge in [-0.15, -0.1) is 0 Å². The zero-order valence-electron chi connectivity index (χ0n) is 5.64. The summed E-state index contributed by atoms with van der Waals surface area (Å²) in [6, 6.07) is 1.53. The van der Waals surface area contributed by atoms with Crippen LogP contribution in [0.25, 0.3) is 6.08 Å². The van der Waals surface area contributed by atoms with Gasteiger partial charge in [0.2, 0.25) is 0 Å². The van der Waals surface area contributed by atoms with Crippen LogP contribution < -0.4 is 5.73 Å². The van der Waals surface area contributed by atoms with Gasteiger partial charge in [0.1, 0.15) is 10.3 Å². The summed E-state index contributed by atoms with van der Waals surface area (Å²) >= 11 is 11.3. The van der Waals surface area contributed by atoms with Crippen LogP contribution in [-0.4, -0.2) is 4.98 Å². The first kappa shape index (κ1) is 8.37. The lowest BCUT2D eigenvalue weighted by Crippen LogP contribution is -1.92. The van der Waals surface area contributed by atoms with E-state index in [1.54, 1.807) is 6.08 Å². The molecule has 0 aliphatic rings. The molecule has 0 radical (unpaired) electrons. The van der Waals surface area contributed by atoms with Crippen LogP contribution in [0.1, 0.15) is 5.56 Å². The van der Waals surface area contributed by atoms with Crippen molar-refractivity contribution in [2.45, 2.75) is 0 Å². The van der Waals surface area contributed by atoms with Crippen LogP contribution in [-0.2, 0) is 0 Å². The van der Waals surface area contributed by atoms with Gasteiger partial charge in [0.15, 0.2) is 0 Å². The second-order valence-corrected chi connectivity index (χ2v) is 2.69. The molecule has 58 valence electrons. The lowest BCUT2D eigenvalue weighted by molar-refractivity contribution is 1.32. The van der Waals surface area contributed by atoms with E-state index < -0.39 is 0 Å². The number of aromatic nitrogens is 1. The smallest absolute Gasteiger partial charge is 0.140 e. The molecule has 11 heavy (non-hydrogen) atoms. The number of nitrogen functional groups attached to an aromatic ring is 1. The second kappa shape index (κ2) is 3.11. The van der Waals surface area contributed by atoms with E-state index in [0.717, 1.165) is 0 Å². The third-order valence-corrected chi connectivity index (χ3v) is 1.70. The van der Waals surface area contributed by atoms with Crippen molar-refractivity contribution in [3.8, 4) is 0 Å². The first-order valence-electron chi connectivity index (χ1n) is 2.89. The van der Waals surface area contributed by atoms with E-state index >= 15 is 0 Å². The lowest BCUT2D eigenvalue weighted by Gasteiger charge is -2.01. The minimum absolute atomic E-state index is 0.282. The van der Waals surface area contributed by atoms with Gasteiger partial charge in [0.25, 0.3) is 0 Å². The van der Waals surface area contributed by atoms with E-state index in [0.29, 0.717) is 11.3 Å². The van der Waals surface area contributed by atoms with Gasteiger partial charge in [-0.2, -0.15) is 0 Å². The highest BCUT2D eigenvalue weighted by Gasteiger charge is 2.03. The normalized spacial score (nSPS) is 9.64. The molecule has 1 aromatic rings. The standard InChI is InChI=1S/C7H6Cl2N2/c1-2-4-5(10)3-6(8)11-7(4)9/h2-3H,1H2,(H2,10,11). The number of nitrogens with two attached hydrogens (primary N) is 1. The molecule has 0 aliphatic carbocycles. The van der Waals surface area contributed by atoms with Gasteiger partial charge in [-0.1, -0.05) is 35.9 Å². The maximum absolute atomic E-state index is 5.69. The molecule has 0 saturated carbocycles. The molecule has 4 heteroatoms. The molecule has 0 spiro atoms. The Morgan fingerprint density at radius 2 is 2.18 bits per heavy atom. The second-order valence-electron chi connectivity index (χ2n) is 1.94. The van der Waals surface area contributed by atoms with E-state index in [4.69, 9.17) is 28.9 Å². The monoisotopic (exact) mass is 188 g/mol. The summed E-state index contributed by atoms with van der Waals surface area (Å²) in [5.41, 5.74) is 6.66. The summed E-state index contributed by atoms with van der Waals surface area (Å²) in [6.45, 7) is 3.53. The molecule has 0 saturated heterocycles. The Bertz CT molecular complexity index is 273. The Labute approximate surface area is 74.6 Å². The lowest BCUT2D eigenvalue weighted by atomic mass is 10.2. The highest BCUT2D eigenvalue weighted by atomic mass is 35.5. The Hall–Kier alpha value is -0.730. The number of rotatable bonds is 1. The Kier molecular flexibility index (Phi) is 2.37. The number of halogens is 2. The molecule has 0 amide bonds. The van der Waals surface area contributed by atoms with E-state index in [-0.39, 0.29) is 10.3 Å². The summed E-state index contributed by atoms with van der Waals surface area (Å²) in [5, 5.41) is 0.572. The number of hydrogen-bond acceptors (Lipinski definition) is 2. The average molecular weight is 189 g/mol. The molecule has 0 aromatic carbocycles. The largest absolute Gasteiger partial charge is 0.398 e. The fourth-order valence-corrected chi connectivity index (χ4v) is 1.24. The highest BCUT2D eigenvalue weighted by molar-refractivity contribution is 6.34. The molecule has 1 rings (SSSR count). The van der Waals surface area contributed by atoms with Gasteiger partial charge in [0, 0.05) is 11.3 Å². The van der Waals surface area contributed by atoms with Gasteiger partial charge >= 0.3 is 0 Å². The van der Waals surface area contributed by atoms with Gasteiger partial charge in [0.05, 0.1) is 0 Å². The third-order valence-electron chi connectivity index (χ3n) is 1.22. The van der Waals surface area contributed by atoms with Crippen LogP contribution in [0.4, 0.5) is 5.69 Å². The molecular weight excluding hydrogens is 183 g/mol. The summed E-state index contributed by atoms with van der Waals surface area (Å²) in [5.74, 6) is 0. The van der Waals surface area contributed by atoms with Crippen LogP contribution >= 0.6 is 23.2 Å². The fraction of sp³-hybridized carbons (Fsp3) is 0. The van der Waals surface area contributed by atoms with Crippen molar-refractivity contribution in [3.05, 3.63) is 28.5 Å². The first-order valence-corrected chi connectivity index (χ1v) is 3.64. The van der Waals surface area contributed by atoms with Crippen molar-refractivity contribution in [1.29, 1.82) is 0 Å². The highest BCUT2D eigenvalue weighted by Crippen LogP contribution is 2.24. The molecule has 2 N–H and O–H groups in total. The maximum Gasteiger partial charge on any atom is 0.140 e. The first-order chi connectivity index (χ1) is 5.15. The van der Waals surface area contributed by atoms with E-state index in [1.165, 1.54) is 6.07 Å². The van der Waals surface area contributed by atoms with E-state index in [1.807, 2.05) is 0 Å². The minimum atomic E-state index is 0.282. The summed E-state index contributed by atoms with van der Waals surface area (Å²) < 4.78 is 0. The van der Waals surface area contributed by atoms with Gasteiger partial charge in [-0.3, -0.25) is 0 Å². The molecule has 0 unspecified atom stereocenters. The molecule has 1 heterocycles. The molecule has 2 nitrogen and oxygen atoms in total. The predicted octanol–water partition coefficient (Wildman–Crippen LogP) is 2.61. The topological polar surface area (TPSA) is 38.9 Å². The summed E-state index contributed by atoms with van der Waals surface area (Å²) in [7, 11) is 0. The van der Waals surface area contributed by atoms with Gasteiger partial charge < -0.3 is 5.73 Å². The van der Waals surface area contributed by atoms with Crippen LogP contribution in [0.5, 0.6) is 0 Å². The number of pyridine rings is 1. The Morgan fingerprint density at radius 3 is 2.64 bits per heavy atom. The average Bonchev–Trinajstić information content (AvgIpc) is 1.85. The number of hydrogen-bond donors (Lipinski definition) is 1. The minimum Gasteiger partial charge on any atom is -0.398 e. The number of anilines is 1. The SMILES string of the molecule is C=Cc1c(N)cc(Cl)nc1Cl. The molecule has 0 atom stereocenters. The molecule has 0 fully saturated rings. The Morgan fingerprint density at radius 1 is 1.55 bits per heavy atom. The maximum atomic E-state index is 5.69. The van der Waals surface area contributed by atoms with Crippen molar-refractivity contribution in [2.75, 3.05) is 5.73 Å². The van der Waals surface area contributed by atoms with Gasteiger partial charge in [-0.05, 0) is 6.07 Å². The molecule has 1 aromatic heterocycles. The van der Waals surface area contributed by atoms with Crippen LogP contribution in [0, 0.1) is 0 Å². The van der Waals surface area contributed by atoms with Crippen LogP contribution in [0.15, 0.2) is 12.6 Å². The van der Waals surface area contributed by atoms with Gasteiger partial charge in [-0.25, -0.2) is 4.98 Å². The molecule has 0 aliphatic heterocycles. The van der Waals surface area contributed by atoms with E-state index in [2.05, 4.69) is 11.6 Å². The predicted molar refractivity (Wildman–Crippen MR) is 48.8 cm³/mol. The molecular formula is C7H6Cl2N2. The van der Waals surface area contributed by atoms with E-state index in [9.17, 15) is 0 Å². The summed E-state index contributed by atoms with van der Waals surface area (Å²) in [6.07, 6.45) is 1.54. The fourth-order valence-electron chi connectivity index (χ4n) is 0.714. The molecule has 0 bridgehead atoms.